The Morgan fingerprint density at radius 2 is 1.97 bits per heavy atom. The highest BCUT2D eigenvalue weighted by Crippen LogP contribution is 2.37. The molecule has 0 saturated heterocycles. The fourth-order valence-corrected chi connectivity index (χ4v) is 3.10. The monoisotopic (exact) mass is 484 g/mol. The molecule has 0 aliphatic rings. The largest absolute Gasteiger partial charge is 0.493 e. The van der Waals surface area contributed by atoms with Crippen LogP contribution < -0.4 is 14.8 Å². The lowest BCUT2D eigenvalue weighted by atomic mass is 10.1. The minimum absolute atomic E-state index is 0.108. The zero-order chi connectivity index (χ0) is 22.8. The van der Waals surface area contributed by atoms with Gasteiger partial charge in [0.15, 0.2) is 11.5 Å². The van der Waals surface area contributed by atoms with Gasteiger partial charge >= 0.3 is 5.97 Å². The van der Waals surface area contributed by atoms with Crippen molar-refractivity contribution in [2.75, 3.05) is 25.6 Å². The number of amides is 1. The van der Waals surface area contributed by atoms with Crippen LogP contribution in [0.1, 0.15) is 22.8 Å². The maximum absolute atomic E-state index is 12.5. The van der Waals surface area contributed by atoms with Crippen molar-refractivity contribution in [2.45, 2.75) is 6.92 Å². The third kappa shape index (κ3) is 6.46. The molecule has 160 valence electrons. The maximum atomic E-state index is 12.5. The zero-order valence-electron chi connectivity index (χ0n) is 17.1. The van der Waals surface area contributed by atoms with Crippen LogP contribution >= 0.6 is 15.9 Å². The minimum atomic E-state index is -0.589. The molecule has 0 aromatic heterocycles. The second kappa shape index (κ2) is 11.6. The first-order chi connectivity index (χ1) is 14.9. The topological polar surface area (TPSA) is 97.7 Å². The number of nitrogens with zero attached hydrogens (tertiary/aromatic N) is 1. The molecule has 2 aromatic carbocycles. The summed E-state index contributed by atoms with van der Waals surface area (Å²) >= 11 is 3.41. The molecule has 2 rings (SSSR count). The lowest BCUT2D eigenvalue weighted by molar-refractivity contribution is -0.112. The lowest BCUT2D eigenvalue weighted by Gasteiger charge is -2.12. The van der Waals surface area contributed by atoms with Gasteiger partial charge in [-0.25, -0.2) is 4.79 Å². The molecular weight excluding hydrogens is 464 g/mol. The van der Waals surface area contributed by atoms with Crippen LogP contribution in [0.3, 0.4) is 0 Å². The second-order valence-corrected chi connectivity index (χ2v) is 6.91. The Bertz CT molecular complexity index is 1040. The molecule has 2 aromatic rings. The molecule has 0 aliphatic heterocycles. The van der Waals surface area contributed by atoms with Crippen molar-refractivity contribution in [3.63, 3.8) is 0 Å². The van der Waals surface area contributed by atoms with E-state index in [-0.39, 0.29) is 12.2 Å². The Hall–Kier alpha value is -3.57. The molecule has 8 heteroatoms. The van der Waals surface area contributed by atoms with Crippen molar-refractivity contribution in [3.8, 4) is 17.6 Å². The average Bonchev–Trinajstić information content (AvgIpc) is 2.76. The van der Waals surface area contributed by atoms with Crippen molar-refractivity contribution in [2.24, 2.45) is 0 Å². The van der Waals surface area contributed by atoms with Crippen molar-refractivity contribution in [3.05, 3.63) is 70.2 Å². The lowest BCUT2D eigenvalue weighted by Crippen LogP contribution is -2.13. The van der Waals surface area contributed by atoms with Gasteiger partial charge in [0.05, 0.1) is 23.8 Å². The van der Waals surface area contributed by atoms with E-state index in [2.05, 4.69) is 27.8 Å². The number of halogens is 1. The first-order valence-corrected chi connectivity index (χ1v) is 10.0. The van der Waals surface area contributed by atoms with Crippen LogP contribution in [0.2, 0.25) is 0 Å². The summed E-state index contributed by atoms with van der Waals surface area (Å²) in [5.74, 6) is -0.106. The van der Waals surface area contributed by atoms with Crippen molar-refractivity contribution >= 4 is 39.6 Å². The molecule has 0 radical (unpaired) electrons. The van der Waals surface area contributed by atoms with E-state index >= 15 is 0 Å². The van der Waals surface area contributed by atoms with Gasteiger partial charge in [0.2, 0.25) is 0 Å². The van der Waals surface area contributed by atoms with Crippen LogP contribution in [0.4, 0.5) is 5.69 Å². The summed E-state index contributed by atoms with van der Waals surface area (Å²) in [5.41, 5.74) is 1.26. The van der Waals surface area contributed by atoms with E-state index in [1.54, 1.807) is 37.3 Å². The highest BCUT2D eigenvalue weighted by Gasteiger charge is 2.14. The Kier molecular flexibility index (Phi) is 8.85. The van der Waals surface area contributed by atoms with Gasteiger partial charge in [-0.15, -0.1) is 0 Å². The quantitative estimate of drug-likeness (QED) is 0.238. The number of nitriles is 1. The first-order valence-electron chi connectivity index (χ1n) is 9.25. The van der Waals surface area contributed by atoms with Crippen LogP contribution in [0.15, 0.2) is 59.1 Å². The molecule has 0 fully saturated rings. The van der Waals surface area contributed by atoms with Gasteiger partial charge in [0.1, 0.15) is 18.2 Å². The molecule has 0 unspecified atom stereocenters. The Labute approximate surface area is 189 Å². The van der Waals surface area contributed by atoms with Gasteiger partial charge in [-0.2, -0.15) is 5.26 Å². The number of carbonyl (C=O) groups excluding carboxylic acids is 2. The highest BCUT2D eigenvalue weighted by molar-refractivity contribution is 9.10. The van der Waals surface area contributed by atoms with Gasteiger partial charge < -0.3 is 19.5 Å². The second-order valence-electron chi connectivity index (χ2n) is 6.06. The van der Waals surface area contributed by atoms with Gasteiger partial charge in [-0.3, -0.25) is 4.79 Å². The van der Waals surface area contributed by atoms with Crippen LogP contribution in [-0.2, 0) is 9.53 Å². The van der Waals surface area contributed by atoms with E-state index < -0.39 is 11.9 Å². The van der Waals surface area contributed by atoms with Crippen molar-refractivity contribution in [1.29, 1.82) is 5.26 Å². The smallest absolute Gasteiger partial charge is 0.338 e. The predicted molar refractivity (Wildman–Crippen MR) is 121 cm³/mol. The van der Waals surface area contributed by atoms with Crippen molar-refractivity contribution < 1.29 is 23.8 Å². The molecule has 0 spiro atoms. The Morgan fingerprint density at radius 1 is 1.26 bits per heavy atom. The van der Waals surface area contributed by atoms with Crippen LogP contribution in [-0.4, -0.2) is 32.2 Å². The molecule has 0 bridgehead atoms. The summed E-state index contributed by atoms with van der Waals surface area (Å²) in [7, 11) is 1.49. The molecular formula is C23H21BrN2O5. The number of nitrogens with one attached hydrogen (secondary N) is 1. The summed E-state index contributed by atoms with van der Waals surface area (Å²) < 4.78 is 16.4. The number of hydrogen-bond donors (Lipinski definition) is 1. The fraction of sp³-hybridized carbons (Fsp3) is 0.174. The highest BCUT2D eigenvalue weighted by atomic mass is 79.9. The molecule has 0 atom stereocenters. The fourth-order valence-electron chi connectivity index (χ4n) is 2.52. The van der Waals surface area contributed by atoms with Crippen LogP contribution in [0.25, 0.3) is 6.08 Å². The summed E-state index contributed by atoms with van der Waals surface area (Å²) in [5, 5.41) is 12.1. The number of carbonyl (C=O) groups is 2. The first kappa shape index (κ1) is 23.7. The van der Waals surface area contributed by atoms with Gasteiger partial charge in [-0.05, 0) is 70.9 Å². The molecule has 1 N–H and O–H groups in total. The van der Waals surface area contributed by atoms with E-state index in [0.717, 1.165) is 0 Å². The Balaban J connectivity index is 2.22. The van der Waals surface area contributed by atoms with E-state index in [1.165, 1.54) is 25.3 Å². The van der Waals surface area contributed by atoms with Gasteiger partial charge in [0, 0.05) is 5.69 Å². The molecule has 0 saturated carbocycles. The summed E-state index contributed by atoms with van der Waals surface area (Å²) in [6.07, 6.45) is 3.05. The number of ether oxygens (including phenoxy) is 3. The van der Waals surface area contributed by atoms with E-state index in [1.807, 2.05) is 6.07 Å². The predicted octanol–water partition coefficient (Wildman–Crippen LogP) is 4.74. The van der Waals surface area contributed by atoms with E-state index in [4.69, 9.17) is 14.2 Å². The van der Waals surface area contributed by atoms with E-state index in [9.17, 15) is 14.9 Å². The molecule has 31 heavy (non-hydrogen) atoms. The molecule has 1 amide bonds. The van der Waals surface area contributed by atoms with Crippen LogP contribution in [0.5, 0.6) is 11.5 Å². The molecule has 7 nitrogen and oxygen atoms in total. The number of benzene rings is 2. The average molecular weight is 485 g/mol. The SMILES string of the molecule is C=CCOc1c(Br)cc(/C=C(\C#N)C(=O)Nc2ccc(C(=O)OCC)cc2)cc1OC. The number of methoxy groups -OCH3 is 1. The molecule has 0 heterocycles. The number of anilines is 1. The summed E-state index contributed by atoms with van der Waals surface area (Å²) in [6, 6.07) is 11.4. The standard InChI is InChI=1S/C23H21BrN2O5/c1-4-10-31-21-19(24)12-15(13-20(21)29-3)11-17(14-25)22(27)26-18-8-6-16(7-9-18)23(28)30-5-2/h4,6-9,11-13H,1,5,10H2,2-3H3,(H,26,27)/b17-11+. The van der Waals surface area contributed by atoms with Crippen molar-refractivity contribution in [1.82, 2.24) is 0 Å². The zero-order valence-corrected chi connectivity index (χ0v) is 18.7. The third-order valence-electron chi connectivity index (χ3n) is 3.93. The summed E-state index contributed by atoms with van der Waals surface area (Å²) in [4.78, 5) is 24.3. The van der Waals surface area contributed by atoms with Crippen LogP contribution in [0, 0.1) is 11.3 Å². The maximum Gasteiger partial charge on any atom is 0.338 e. The number of hydrogen-bond acceptors (Lipinski definition) is 6. The minimum Gasteiger partial charge on any atom is -0.493 e. The third-order valence-corrected chi connectivity index (χ3v) is 4.52. The Morgan fingerprint density at radius 3 is 2.55 bits per heavy atom. The molecule has 0 aliphatic carbocycles. The number of rotatable bonds is 9. The van der Waals surface area contributed by atoms with Gasteiger partial charge in [-0.1, -0.05) is 12.7 Å². The van der Waals surface area contributed by atoms with Gasteiger partial charge in [0.25, 0.3) is 5.91 Å². The number of esters is 1. The van der Waals surface area contributed by atoms with E-state index in [0.29, 0.717) is 39.4 Å². The summed E-state index contributed by atoms with van der Waals surface area (Å²) in [6.45, 7) is 5.90. The normalized spacial score (nSPS) is 10.6.